The number of nitrogens with zero attached hydrogens (tertiary/aromatic N) is 1. The summed E-state index contributed by atoms with van der Waals surface area (Å²) in [6.07, 6.45) is 5.99. The molecule has 1 saturated heterocycles. The van der Waals surface area contributed by atoms with Crippen LogP contribution in [-0.4, -0.2) is 43.5 Å². The van der Waals surface area contributed by atoms with Gasteiger partial charge in [-0.05, 0) is 75.1 Å². The van der Waals surface area contributed by atoms with E-state index < -0.39 is 15.1 Å². The molecular weight excluding hydrogens is 448 g/mol. The molecule has 2 aliphatic rings. The Morgan fingerprint density at radius 2 is 2.03 bits per heavy atom. The number of benzene rings is 2. The zero-order chi connectivity index (χ0) is 24.0. The summed E-state index contributed by atoms with van der Waals surface area (Å²) in [7, 11) is -3.62. The van der Waals surface area contributed by atoms with Crippen molar-refractivity contribution in [3.8, 4) is 0 Å². The number of nitrogen functional groups attached to an aromatic ring is 1. The van der Waals surface area contributed by atoms with Crippen LogP contribution in [0.5, 0.6) is 0 Å². The Labute approximate surface area is 200 Å². The monoisotopic (exact) mass is 478 g/mol. The van der Waals surface area contributed by atoms with Crippen LogP contribution in [0.1, 0.15) is 61.0 Å². The summed E-state index contributed by atoms with van der Waals surface area (Å²) >= 11 is 0. The average molecular weight is 479 g/mol. The zero-order valence-corrected chi connectivity index (χ0v) is 20.4. The van der Waals surface area contributed by atoms with Crippen LogP contribution in [-0.2, 0) is 9.84 Å². The molecule has 5 rings (SSSR count). The molecule has 2 aromatic carbocycles. The van der Waals surface area contributed by atoms with Crippen molar-refractivity contribution in [3.63, 3.8) is 0 Å². The number of carbonyl (C=O) groups is 1. The Kier molecular flexibility index (Phi) is 5.86. The molecule has 178 valence electrons. The minimum atomic E-state index is -3.62. The Hall–Kier alpha value is -2.90. The van der Waals surface area contributed by atoms with Gasteiger partial charge in [0.25, 0.3) is 0 Å². The zero-order valence-electron chi connectivity index (χ0n) is 19.6. The molecule has 0 aliphatic carbocycles. The third-order valence-electron chi connectivity index (χ3n) is 7.37. The van der Waals surface area contributed by atoms with Gasteiger partial charge in [0.1, 0.15) is 5.58 Å². The maximum absolute atomic E-state index is 13.6. The van der Waals surface area contributed by atoms with Crippen LogP contribution in [0.15, 0.2) is 57.9 Å². The van der Waals surface area contributed by atoms with Gasteiger partial charge in [-0.15, -0.1) is 0 Å². The van der Waals surface area contributed by atoms with E-state index in [9.17, 15) is 13.2 Å². The molecule has 1 fully saturated rings. The van der Waals surface area contributed by atoms with E-state index in [0.29, 0.717) is 29.5 Å². The summed E-state index contributed by atoms with van der Waals surface area (Å²) in [5.74, 6) is 0.0340. The van der Waals surface area contributed by atoms with Crippen LogP contribution < -0.4 is 5.73 Å². The fourth-order valence-corrected chi connectivity index (χ4v) is 6.83. The van der Waals surface area contributed by atoms with Gasteiger partial charge in [-0.1, -0.05) is 25.1 Å². The lowest BCUT2D eigenvalue weighted by Crippen LogP contribution is -2.32. The van der Waals surface area contributed by atoms with Gasteiger partial charge in [-0.2, -0.15) is 0 Å². The van der Waals surface area contributed by atoms with E-state index in [0.717, 1.165) is 36.0 Å². The van der Waals surface area contributed by atoms with Crippen LogP contribution in [0.25, 0.3) is 16.5 Å². The molecule has 6 nitrogen and oxygen atoms in total. The van der Waals surface area contributed by atoms with E-state index in [-0.39, 0.29) is 16.2 Å². The van der Waals surface area contributed by atoms with E-state index in [2.05, 4.69) is 11.0 Å². The lowest BCUT2D eigenvalue weighted by molar-refractivity contribution is 0.103. The first-order chi connectivity index (χ1) is 16.3. The summed E-state index contributed by atoms with van der Waals surface area (Å²) < 4.78 is 32.0. The number of furan rings is 1. The first-order valence-electron chi connectivity index (χ1n) is 11.9. The van der Waals surface area contributed by atoms with Crippen LogP contribution in [0, 0.1) is 0 Å². The highest BCUT2D eigenvalue weighted by Crippen LogP contribution is 2.40. The highest BCUT2D eigenvalue weighted by atomic mass is 32.2. The lowest BCUT2D eigenvalue weighted by Gasteiger charge is -2.29. The van der Waals surface area contributed by atoms with E-state index in [4.69, 9.17) is 10.2 Å². The van der Waals surface area contributed by atoms with Gasteiger partial charge in [0.2, 0.25) is 0 Å². The fraction of sp³-hybridized carbons (Fsp3) is 0.370. The van der Waals surface area contributed by atoms with Gasteiger partial charge in [0.05, 0.1) is 10.1 Å². The predicted octanol–water partition coefficient (Wildman–Crippen LogP) is 5.07. The lowest BCUT2D eigenvalue weighted by atomic mass is 9.92. The van der Waals surface area contributed by atoms with Crippen LogP contribution in [0.2, 0.25) is 0 Å². The number of anilines is 1. The van der Waals surface area contributed by atoms with E-state index in [1.807, 2.05) is 6.92 Å². The second-order valence-electron chi connectivity index (χ2n) is 9.37. The van der Waals surface area contributed by atoms with Crippen molar-refractivity contribution in [2.75, 3.05) is 18.8 Å². The van der Waals surface area contributed by atoms with Gasteiger partial charge in [0, 0.05) is 34.7 Å². The first kappa shape index (κ1) is 22.9. The van der Waals surface area contributed by atoms with Gasteiger partial charge in [-0.3, -0.25) is 9.69 Å². The molecule has 0 radical (unpaired) electrons. The van der Waals surface area contributed by atoms with Crippen LogP contribution >= 0.6 is 0 Å². The quantitative estimate of drug-likeness (QED) is 0.497. The van der Waals surface area contributed by atoms with Gasteiger partial charge in [0.15, 0.2) is 21.5 Å². The maximum atomic E-state index is 13.6. The summed E-state index contributed by atoms with van der Waals surface area (Å²) in [4.78, 5) is 16.1. The number of fused-ring (bicyclic) bond motifs is 2. The molecular formula is C27H30N2O4S. The maximum Gasteiger partial charge on any atom is 0.199 e. The molecule has 0 bridgehead atoms. The Balaban J connectivity index is 1.57. The van der Waals surface area contributed by atoms with Crippen LogP contribution in [0.3, 0.4) is 0 Å². The largest absolute Gasteiger partial charge is 0.440 e. The third-order valence-corrected chi connectivity index (χ3v) is 9.73. The van der Waals surface area contributed by atoms with E-state index in [1.165, 1.54) is 18.9 Å². The predicted molar refractivity (Wildman–Crippen MR) is 135 cm³/mol. The normalized spacial score (nSPS) is 19.7. The molecule has 2 N–H and O–H groups in total. The van der Waals surface area contributed by atoms with Crippen molar-refractivity contribution in [2.24, 2.45) is 0 Å². The smallest absolute Gasteiger partial charge is 0.199 e. The number of hydrogen-bond acceptors (Lipinski definition) is 6. The molecule has 0 saturated carbocycles. The van der Waals surface area contributed by atoms with Crippen molar-refractivity contribution >= 4 is 38.0 Å². The Morgan fingerprint density at radius 1 is 1.24 bits per heavy atom. The summed E-state index contributed by atoms with van der Waals surface area (Å²) in [5.41, 5.74) is 9.55. The SMILES string of the molecule is CCC(C)S(=O)(=O)c1ccccc1C(=O)c1ccc2oc(N)c(C3=CCN4CCCC4C3)c2c1. The van der Waals surface area contributed by atoms with Gasteiger partial charge >= 0.3 is 0 Å². The fourth-order valence-electron chi connectivity index (χ4n) is 5.22. The second kappa shape index (κ2) is 8.71. The summed E-state index contributed by atoms with van der Waals surface area (Å²) in [5, 5.41) is 0.223. The number of ketones is 1. The third kappa shape index (κ3) is 3.77. The van der Waals surface area contributed by atoms with Crippen molar-refractivity contribution in [3.05, 3.63) is 65.2 Å². The minimum absolute atomic E-state index is 0.0812. The number of nitrogens with two attached hydrogens (primary N) is 1. The molecule has 2 unspecified atom stereocenters. The molecule has 0 spiro atoms. The standard InChI is InChI=1S/C27H30N2O4S/c1-3-17(2)34(31,32)24-9-5-4-8-21(24)26(30)19-10-11-23-22(16-19)25(27(28)33-23)18-12-14-29-13-6-7-20(29)15-18/h4-5,8-12,16-17,20H,3,6-7,13-15,28H2,1-2H3. The minimum Gasteiger partial charge on any atom is -0.440 e. The second-order valence-corrected chi connectivity index (χ2v) is 11.7. The summed E-state index contributed by atoms with van der Waals surface area (Å²) in [6, 6.07) is 12.2. The van der Waals surface area contributed by atoms with E-state index in [1.54, 1.807) is 43.3 Å². The van der Waals surface area contributed by atoms with Crippen molar-refractivity contribution < 1.29 is 17.6 Å². The van der Waals surface area contributed by atoms with Gasteiger partial charge < -0.3 is 10.2 Å². The molecule has 0 amide bonds. The number of sulfone groups is 1. The van der Waals surface area contributed by atoms with E-state index >= 15 is 0 Å². The highest BCUT2D eigenvalue weighted by molar-refractivity contribution is 7.92. The van der Waals surface area contributed by atoms with Crippen LogP contribution in [0.4, 0.5) is 5.88 Å². The molecule has 1 aromatic heterocycles. The molecule has 2 atom stereocenters. The van der Waals surface area contributed by atoms with Gasteiger partial charge in [-0.25, -0.2) is 8.42 Å². The topological polar surface area (TPSA) is 93.6 Å². The Morgan fingerprint density at radius 3 is 2.82 bits per heavy atom. The summed E-state index contributed by atoms with van der Waals surface area (Å²) in [6.45, 7) is 5.53. The average Bonchev–Trinajstić information content (AvgIpc) is 3.45. The van der Waals surface area contributed by atoms with Crippen molar-refractivity contribution in [2.45, 2.75) is 55.7 Å². The Bertz CT molecular complexity index is 1400. The molecule has 7 heteroatoms. The van der Waals surface area contributed by atoms with Crippen molar-refractivity contribution in [1.29, 1.82) is 0 Å². The van der Waals surface area contributed by atoms with Crippen molar-refractivity contribution in [1.82, 2.24) is 4.90 Å². The first-order valence-corrected chi connectivity index (χ1v) is 13.5. The highest BCUT2D eigenvalue weighted by Gasteiger charge is 2.31. The number of hydrogen-bond donors (Lipinski definition) is 1. The molecule has 3 aromatic rings. The molecule has 3 heterocycles. The number of carbonyl (C=O) groups excluding carboxylic acids is 1. The molecule has 34 heavy (non-hydrogen) atoms. The number of rotatable bonds is 6. The molecule has 2 aliphatic heterocycles.